The minimum atomic E-state index is 0.244. The van der Waals surface area contributed by atoms with Gasteiger partial charge in [0.15, 0.2) is 5.13 Å². The van der Waals surface area contributed by atoms with Gasteiger partial charge in [-0.05, 0) is 24.6 Å². The number of nitrogen functional groups attached to an aromatic ring is 1. The molecule has 3 rings (SSSR count). The lowest BCUT2D eigenvalue weighted by atomic mass is 10.1. The van der Waals surface area contributed by atoms with Gasteiger partial charge in [-0.3, -0.25) is 4.90 Å². The zero-order chi connectivity index (χ0) is 16.2. The maximum atomic E-state index is 9.60. The summed E-state index contributed by atoms with van der Waals surface area (Å²) in [4.78, 5) is 8.14. The summed E-state index contributed by atoms with van der Waals surface area (Å²) in [6, 6.07) is 5.11. The Balaban J connectivity index is 1.61. The Bertz CT molecular complexity index is 686. The van der Waals surface area contributed by atoms with Crippen molar-refractivity contribution in [2.24, 2.45) is 0 Å². The minimum Gasteiger partial charge on any atom is -0.508 e. The summed E-state index contributed by atoms with van der Waals surface area (Å²) in [5.41, 5.74) is 7.82. The number of anilines is 1. The first-order valence-electron chi connectivity index (χ1n) is 7.65. The molecule has 23 heavy (non-hydrogen) atoms. The van der Waals surface area contributed by atoms with E-state index >= 15 is 0 Å². The van der Waals surface area contributed by atoms with Crippen molar-refractivity contribution in [3.8, 4) is 11.5 Å². The average molecular weight is 331 g/mol. The molecule has 1 aromatic heterocycles. The molecule has 0 saturated heterocycles. The van der Waals surface area contributed by atoms with E-state index in [0.717, 1.165) is 49.5 Å². The van der Waals surface area contributed by atoms with Crippen molar-refractivity contribution in [3.63, 3.8) is 0 Å². The highest BCUT2D eigenvalue weighted by Gasteiger charge is 2.16. The summed E-state index contributed by atoms with van der Waals surface area (Å²) < 4.78 is 5.31. The van der Waals surface area contributed by atoms with E-state index in [9.17, 15) is 5.11 Å². The average Bonchev–Trinajstić information content (AvgIpc) is 2.79. The molecule has 1 aliphatic rings. The van der Waals surface area contributed by atoms with Crippen molar-refractivity contribution in [1.82, 2.24) is 9.88 Å². The number of nitrogens with zero attached hydrogens (tertiary/aromatic N) is 2. The van der Waals surface area contributed by atoms with Crippen LogP contribution in [-0.2, 0) is 12.8 Å². The van der Waals surface area contributed by atoms with Crippen LogP contribution < -0.4 is 10.5 Å². The number of aromatic nitrogens is 1. The number of nitrogens with two attached hydrogens (primary N) is 1. The SMILES string of the molecule is COc1ccc(O)cc1C=CCN1CCc2nc(N)sc2CC1. The molecule has 2 aromatic rings. The first-order chi connectivity index (χ1) is 11.2. The number of phenols is 1. The van der Waals surface area contributed by atoms with Gasteiger partial charge in [-0.25, -0.2) is 4.98 Å². The van der Waals surface area contributed by atoms with Crippen LogP contribution in [0.25, 0.3) is 6.08 Å². The summed E-state index contributed by atoms with van der Waals surface area (Å²) >= 11 is 1.61. The number of methoxy groups -OCH3 is 1. The van der Waals surface area contributed by atoms with E-state index in [0.29, 0.717) is 5.13 Å². The Morgan fingerprint density at radius 2 is 2.22 bits per heavy atom. The van der Waals surface area contributed by atoms with Crippen molar-refractivity contribution < 1.29 is 9.84 Å². The van der Waals surface area contributed by atoms with Crippen LogP contribution in [0.4, 0.5) is 5.13 Å². The lowest BCUT2D eigenvalue weighted by Crippen LogP contribution is -2.26. The molecule has 0 fully saturated rings. The second-order valence-corrected chi connectivity index (χ2v) is 6.67. The number of thiazole rings is 1. The van der Waals surface area contributed by atoms with Gasteiger partial charge < -0.3 is 15.6 Å². The number of phenolic OH excluding ortho intramolecular Hbond substituents is 1. The van der Waals surface area contributed by atoms with E-state index in [2.05, 4.69) is 16.0 Å². The van der Waals surface area contributed by atoms with Crippen LogP contribution in [0, 0.1) is 0 Å². The Hall–Kier alpha value is -2.05. The third-order valence-electron chi connectivity index (χ3n) is 3.99. The molecule has 0 saturated carbocycles. The molecule has 1 aromatic carbocycles. The second-order valence-electron chi connectivity index (χ2n) is 5.55. The van der Waals surface area contributed by atoms with E-state index in [1.54, 1.807) is 36.6 Å². The molecule has 0 aliphatic carbocycles. The molecule has 122 valence electrons. The fourth-order valence-electron chi connectivity index (χ4n) is 2.79. The second kappa shape index (κ2) is 7.02. The van der Waals surface area contributed by atoms with Gasteiger partial charge in [0.25, 0.3) is 0 Å². The van der Waals surface area contributed by atoms with Crippen molar-refractivity contribution >= 4 is 22.5 Å². The molecule has 3 N–H and O–H groups in total. The molecule has 0 bridgehead atoms. The van der Waals surface area contributed by atoms with Gasteiger partial charge in [0.05, 0.1) is 12.8 Å². The van der Waals surface area contributed by atoms with Crippen LogP contribution in [0.1, 0.15) is 16.1 Å². The van der Waals surface area contributed by atoms with Crippen LogP contribution in [0.2, 0.25) is 0 Å². The smallest absolute Gasteiger partial charge is 0.180 e. The highest BCUT2D eigenvalue weighted by Crippen LogP contribution is 2.25. The third kappa shape index (κ3) is 3.83. The molecule has 0 radical (unpaired) electrons. The first kappa shape index (κ1) is 15.8. The van der Waals surface area contributed by atoms with Gasteiger partial charge in [0, 0.05) is 36.5 Å². The summed E-state index contributed by atoms with van der Waals surface area (Å²) in [6.07, 6.45) is 6.06. The Kier molecular flexibility index (Phi) is 4.83. The maximum Gasteiger partial charge on any atom is 0.180 e. The number of hydrogen-bond acceptors (Lipinski definition) is 6. The molecular formula is C17H21N3O2S. The summed E-state index contributed by atoms with van der Waals surface area (Å²) in [7, 11) is 1.63. The van der Waals surface area contributed by atoms with Crippen LogP contribution >= 0.6 is 11.3 Å². The summed E-state index contributed by atoms with van der Waals surface area (Å²) in [6.45, 7) is 2.86. The predicted molar refractivity (Wildman–Crippen MR) is 94.1 cm³/mol. The van der Waals surface area contributed by atoms with E-state index < -0.39 is 0 Å². The van der Waals surface area contributed by atoms with Gasteiger partial charge in [0.2, 0.25) is 0 Å². The zero-order valence-electron chi connectivity index (χ0n) is 13.2. The number of ether oxygens (including phenoxy) is 1. The van der Waals surface area contributed by atoms with Gasteiger partial charge in [-0.1, -0.05) is 12.2 Å². The number of fused-ring (bicyclic) bond motifs is 1. The molecule has 0 atom stereocenters. The third-order valence-corrected chi connectivity index (χ3v) is 4.98. The fraction of sp³-hybridized carbons (Fsp3) is 0.353. The fourth-order valence-corrected chi connectivity index (χ4v) is 3.66. The molecule has 0 unspecified atom stereocenters. The predicted octanol–water partition coefficient (Wildman–Crippen LogP) is 2.55. The molecule has 6 heteroatoms. The monoisotopic (exact) mass is 331 g/mol. The van der Waals surface area contributed by atoms with Crippen molar-refractivity contribution in [2.75, 3.05) is 32.5 Å². The number of benzene rings is 1. The Morgan fingerprint density at radius 1 is 1.39 bits per heavy atom. The van der Waals surface area contributed by atoms with Crippen LogP contribution in [0.3, 0.4) is 0 Å². The molecule has 1 aliphatic heterocycles. The summed E-state index contributed by atoms with van der Waals surface area (Å²) in [5.74, 6) is 1.00. The molecule has 0 spiro atoms. The van der Waals surface area contributed by atoms with Crippen molar-refractivity contribution in [2.45, 2.75) is 12.8 Å². The molecular weight excluding hydrogens is 310 g/mol. The van der Waals surface area contributed by atoms with Crippen molar-refractivity contribution in [3.05, 3.63) is 40.4 Å². The van der Waals surface area contributed by atoms with E-state index in [-0.39, 0.29) is 5.75 Å². The normalized spacial score (nSPS) is 15.5. The van der Waals surface area contributed by atoms with Crippen LogP contribution in [0.5, 0.6) is 11.5 Å². The van der Waals surface area contributed by atoms with E-state index in [1.165, 1.54) is 4.88 Å². The Morgan fingerprint density at radius 3 is 3.04 bits per heavy atom. The van der Waals surface area contributed by atoms with Crippen molar-refractivity contribution in [1.29, 1.82) is 0 Å². The lowest BCUT2D eigenvalue weighted by Gasteiger charge is -2.17. The van der Waals surface area contributed by atoms with Crippen LogP contribution in [0.15, 0.2) is 24.3 Å². The highest BCUT2D eigenvalue weighted by molar-refractivity contribution is 7.15. The van der Waals surface area contributed by atoms with Gasteiger partial charge in [-0.2, -0.15) is 0 Å². The molecule has 0 amide bonds. The highest BCUT2D eigenvalue weighted by atomic mass is 32.1. The minimum absolute atomic E-state index is 0.244. The topological polar surface area (TPSA) is 71.6 Å². The maximum absolute atomic E-state index is 9.60. The number of hydrogen-bond donors (Lipinski definition) is 2. The molecule has 5 nitrogen and oxygen atoms in total. The first-order valence-corrected chi connectivity index (χ1v) is 8.47. The van der Waals surface area contributed by atoms with Crippen LogP contribution in [-0.4, -0.2) is 41.7 Å². The standard InChI is InChI=1S/C17H21N3O2S/c1-22-15-5-4-13(21)11-12(15)3-2-8-20-9-6-14-16(7-10-20)23-17(18)19-14/h2-5,11,21H,6-10H2,1H3,(H2,18,19). The van der Waals surface area contributed by atoms with Gasteiger partial charge in [-0.15, -0.1) is 11.3 Å². The number of rotatable bonds is 4. The van der Waals surface area contributed by atoms with E-state index in [4.69, 9.17) is 10.5 Å². The summed E-state index contributed by atoms with van der Waals surface area (Å²) in [5, 5.41) is 10.3. The van der Waals surface area contributed by atoms with Gasteiger partial charge in [0.1, 0.15) is 11.5 Å². The lowest BCUT2D eigenvalue weighted by molar-refractivity contribution is 0.318. The van der Waals surface area contributed by atoms with E-state index in [1.807, 2.05) is 6.08 Å². The quantitative estimate of drug-likeness (QED) is 0.901. The largest absolute Gasteiger partial charge is 0.508 e. The number of aromatic hydroxyl groups is 1. The molecule has 2 heterocycles. The van der Waals surface area contributed by atoms with Gasteiger partial charge >= 0.3 is 0 Å². The Labute approximate surface area is 140 Å². The zero-order valence-corrected chi connectivity index (χ0v) is 14.0.